The van der Waals surface area contributed by atoms with E-state index < -0.39 is 0 Å². The minimum Gasteiger partial charge on any atom is -0.408 e. The number of hydrogen-bond acceptors (Lipinski definition) is 3. The molecule has 2 aliphatic carbocycles. The van der Waals surface area contributed by atoms with Crippen LogP contribution in [-0.4, -0.2) is 12.0 Å². The third kappa shape index (κ3) is 2.31. The monoisotopic (exact) mass is 286 g/mol. The molecule has 0 amide bonds. The van der Waals surface area contributed by atoms with Crippen LogP contribution in [0.5, 0.6) is 0 Å². The molecule has 1 heterocycles. The molecule has 2 bridgehead atoms. The van der Waals surface area contributed by atoms with Crippen LogP contribution in [0.25, 0.3) is 11.1 Å². The molecule has 4 heteroatoms. The van der Waals surface area contributed by atoms with Crippen LogP contribution in [-0.2, 0) is 0 Å². The Balaban J connectivity index is 1.57. The van der Waals surface area contributed by atoms with Gasteiger partial charge in [-0.05, 0) is 68.2 Å². The lowest BCUT2D eigenvalue weighted by molar-refractivity contribution is 0.284. The van der Waals surface area contributed by atoms with Gasteiger partial charge in [-0.3, -0.25) is 4.98 Å². The van der Waals surface area contributed by atoms with Crippen molar-refractivity contribution in [3.05, 3.63) is 34.3 Å². The predicted molar refractivity (Wildman–Crippen MR) is 82.2 cm³/mol. The van der Waals surface area contributed by atoms with E-state index in [9.17, 15) is 4.79 Å². The van der Waals surface area contributed by atoms with Gasteiger partial charge < -0.3 is 9.73 Å². The molecule has 4 rings (SSSR count). The molecular weight excluding hydrogens is 264 g/mol. The molecule has 4 atom stereocenters. The number of H-pyrrole nitrogens is 1. The van der Waals surface area contributed by atoms with Gasteiger partial charge in [-0.25, -0.2) is 4.79 Å². The Hall–Kier alpha value is -1.55. The normalized spacial score (nSPS) is 29.3. The maximum atomic E-state index is 11.3. The molecule has 4 nitrogen and oxygen atoms in total. The Morgan fingerprint density at radius 1 is 1.38 bits per heavy atom. The summed E-state index contributed by atoms with van der Waals surface area (Å²) in [7, 11) is 2.02. The lowest BCUT2D eigenvalue weighted by atomic mass is 9.83. The van der Waals surface area contributed by atoms with E-state index >= 15 is 0 Å². The fraction of sp³-hybridized carbons (Fsp3) is 0.588. The number of oxazole rings is 1. The number of nitrogens with one attached hydrogen (secondary N) is 2. The van der Waals surface area contributed by atoms with Crippen molar-refractivity contribution in [2.75, 3.05) is 7.05 Å². The highest BCUT2D eigenvalue weighted by atomic mass is 16.4. The first-order valence-corrected chi connectivity index (χ1v) is 8.03. The molecule has 0 radical (unpaired) electrons. The molecule has 21 heavy (non-hydrogen) atoms. The molecule has 2 saturated carbocycles. The zero-order valence-corrected chi connectivity index (χ0v) is 12.4. The highest BCUT2D eigenvalue weighted by molar-refractivity contribution is 5.72. The third-order valence-electron chi connectivity index (χ3n) is 5.62. The van der Waals surface area contributed by atoms with Crippen molar-refractivity contribution in [1.82, 2.24) is 10.3 Å². The number of aromatic nitrogens is 1. The van der Waals surface area contributed by atoms with Gasteiger partial charge in [0.1, 0.15) is 0 Å². The van der Waals surface area contributed by atoms with Crippen molar-refractivity contribution in [3.63, 3.8) is 0 Å². The standard InChI is InChI=1S/C17H22N2O2/c1-18-15(8-13-7-10-2-3-11(13)6-10)12-4-5-14-16(9-12)21-17(20)19-14/h4-5,9-11,13,15,18H,2-3,6-8H2,1H3,(H,19,20). The van der Waals surface area contributed by atoms with Crippen molar-refractivity contribution >= 4 is 11.1 Å². The molecule has 1 aromatic carbocycles. The third-order valence-corrected chi connectivity index (χ3v) is 5.62. The van der Waals surface area contributed by atoms with E-state index in [1.165, 1.54) is 37.7 Å². The van der Waals surface area contributed by atoms with E-state index in [-0.39, 0.29) is 5.76 Å². The van der Waals surface area contributed by atoms with Crippen LogP contribution >= 0.6 is 0 Å². The molecule has 1 aromatic heterocycles. The highest BCUT2D eigenvalue weighted by Gasteiger charge is 2.40. The Morgan fingerprint density at radius 3 is 3.00 bits per heavy atom. The van der Waals surface area contributed by atoms with E-state index in [0.29, 0.717) is 11.6 Å². The average molecular weight is 286 g/mol. The molecule has 0 aliphatic heterocycles. The van der Waals surface area contributed by atoms with Crippen molar-refractivity contribution in [1.29, 1.82) is 0 Å². The minimum atomic E-state index is -0.378. The second kappa shape index (κ2) is 5.02. The Kier molecular flexibility index (Phi) is 3.14. The summed E-state index contributed by atoms with van der Waals surface area (Å²) in [5.41, 5.74) is 2.65. The smallest absolute Gasteiger partial charge is 0.408 e. The lowest BCUT2D eigenvalue weighted by Crippen LogP contribution is -2.22. The fourth-order valence-electron chi connectivity index (χ4n) is 4.57. The van der Waals surface area contributed by atoms with Crippen molar-refractivity contribution in [2.24, 2.45) is 17.8 Å². The largest absolute Gasteiger partial charge is 0.417 e. The summed E-state index contributed by atoms with van der Waals surface area (Å²) in [5, 5.41) is 3.45. The summed E-state index contributed by atoms with van der Waals surface area (Å²) in [6.07, 6.45) is 6.93. The minimum absolute atomic E-state index is 0.346. The van der Waals surface area contributed by atoms with E-state index in [4.69, 9.17) is 4.42 Å². The summed E-state index contributed by atoms with van der Waals surface area (Å²) in [6.45, 7) is 0. The second-order valence-electron chi connectivity index (χ2n) is 6.78. The molecule has 0 saturated heterocycles. The zero-order chi connectivity index (χ0) is 14.4. The second-order valence-corrected chi connectivity index (χ2v) is 6.78. The Labute approximate surface area is 123 Å². The molecule has 4 unspecified atom stereocenters. The average Bonchev–Trinajstić information content (AvgIpc) is 3.17. The lowest BCUT2D eigenvalue weighted by Gasteiger charge is -2.26. The fourth-order valence-corrected chi connectivity index (χ4v) is 4.57. The molecule has 2 fully saturated rings. The molecule has 2 aromatic rings. The van der Waals surface area contributed by atoms with Gasteiger partial charge in [-0.15, -0.1) is 0 Å². The highest BCUT2D eigenvalue weighted by Crippen LogP contribution is 2.50. The van der Waals surface area contributed by atoms with Crippen LogP contribution in [0, 0.1) is 17.8 Å². The van der Waals surface area contributed by atoms with Crippen molar-refractivity contribution in [2.45, 2.75) is 38.1 Å². The predicted octanol–water partition coefficient (Wildman–Crippen LogP) is 3.21. The quantitative estimate of drug-likeness (QED) is 0.907. The summed E-state index contributed by atoms with van der Waals surface area (Å²) >= 11 is 0. The van der Waals surface area contributed by atoms with Crippen LogP contribution in [0.15, 0.2) is 27.4 Å². The van der Waals surface area contributed by atoms with Crippen molar-refractivity contribution in [3.8, 4) is 0 Å². The topological polar surface area (TPSA) is 58.0 Å². The maximum absolute atomic E-state index is 11.3. The number of rotatable bonds is 4. The SMILES string of the molecule is CNC(CC1CC2CCC1C2)c1ccc2[nH]c(=O)oc2c1. The van der Waals surface area contributed by atoms with Gasteiger partial charge in [0.05, 0.1) is 5.52 Å². The Bertz CT molecular complexity index is 702. The summed E-state index contributed by atoms with van der Waals surface area (Å²) in [5.74, 6) is 2.41. The van der Waals surface area contributed by atoms with Gasteiger partial charge in [-0.1, -0.05) is 12.5 Å². The first-order chi connectivity index (χ1) is 10.2. The zero-order valence-electron chi connectivity index (χ0n) is 12.4. The first-order valence-electron chi connectivity index (χ1n) is 8.03. The van der Waals surface area contributed by atoms with Gasteiger partial charge in [0.2, 0.25) is 0 Å². The number of benzene rings is 1. The molecule has 2 N–H and O–H groups in total. The maximum Gasteiger partial charge on any atom is 0.417 e. The van der Waals surface area contributed by atoms with Crippen LogP contribution in [0.1, 0.15) is 43.7 Å². The number of hydrogen-bond donors (Lipinski definition) is 2. The Morgan fingerprint density at radius 2 is 2.29 bits per heavy atom. The van der Waals surface area contributed by atoms with Crippen LogP contribution in [0.3, 0.4) is 0 Å². The summed E-state index contributed by atoms with van der Waals surface area (Å²) in [6, 6.07) is 6.39. The number of aromatic amines is 1. The van der Waals surface area contributed by atoms with Gasteiger partial charge >= 0.3 is 5.76 Å². The van der Waals surface area contributed by atoms with E-state index in [1.807, 2.05) is 19.2 Å². The van der Waals surface area contributed by atoms with Gasteiger partial charge in [-0.2, -0.15) is 0 Å². The molecular formula is C17H22N2O2. The van der Waals surface area contributed by atoms with Gasteiger partial charge in [0.15, 0.2) is 5.58 Å². The first kappa shape index (κ1) is 13.1. The molecule has 2 aliphatic rings. The van der Waals surface area contributed by atoms with Crippen LogP contribution in [0.2, 0.25) is 0 Å². The van der Waals surface area contributed by atoms with Gasteiger partial charge in [0, 0.05) is 6.04 Å². The van der Waals surface area contributed by atoms with Gasteiger partial charge in [0.25, 0.3) is 0 Å². The molecule has 112 valence electrons. The summed E-state index contributed by atoms with van der Waals surface area (Å²) in [4.78, 5) is 14.0. The van der Waals surface area contributed by atoms with E-state index in [1.54, 1.807) is 0 Å². The van der Waals surface area contributed by atoms with E-state index in [2.05, 4.69) is 16.4 Å². The molecule has 0 spiro atoms. The van der Waals surface area contributed by atoms with E-state index in [0.717, 1.165) is 23.3 Å². The number of fused-ring (bicyclic) bond motifs is 3. The van der Waals surface area contributed by atoms with Crippen molar-refractivity contribution < 1.29 is 4.42 Å². The summed E-state index contributed by atoms with van der Waals surface area (Å²) < 4.78 is 5.18. The van der Waals surface area contributed by atoms with Crippen LogP contribution < -0.4 is 11.1 Å². The van der Waals surface area contributed by atoms with Crippen LogP contribution in [0.4, 0.5) is 0 Å².